The zero-order valence-corrected chi connectivity index (χ0v) is 24.3. The van der Waals surface area contributed by atoms with Gasteiger partial charge in [-0.3, -0.25) is 10.00 Å². The Bertz CT molecular complexity index is 1920. The second-order valence-electron chi connectivity index (χ2n) is 10.7. The van der Waals surface area contributed by atoms with Crippen LogP contribution in [0.15, 0.2) is 47.7 Å². The van der Waals surface area contributed by atoms with Gasteiger partial charge in [-0.2, -0.15) is 10.4 Å². The van der Waals surface area contributed by atoms with Crippen LogP contribution in [-0.4, -0.2) is 70.5 Å². The quantitative estimate of drug-likeness (QED) is 0.347. The summed E-state index contributed by atoms with van der Waals surface area (Å²) in [7, 11) is 0. The van der Waals surface area contributed by atoms with E-state index in [9.17, 15) is 11.0 Å². The first-order valence-corrected chi connectivity index (χ1v) is 14.7. The summed E-state index contributed by atoms with van der Waals surface area (Å²) in [6.45, 7) is 7.32. The fourth-order valence-corrected chi connectivity index (χ4v) is 6.22. The molecule has 2 aromatic carbocycles. The van der Waals surface area contributed by atoms with E-state index < -0.39 is 17.9 Å². The standard InChI is InChI=1S/C31H30ClFN8O2/c1-2-40-11-7-19-18(17-40)4-3-5-25(19)42-30-21(15-34)28(41-12-9-35-10-13-41)20-6-8-36-31(27(20)38-30)43-29-22-16-37-39-24(22)14-23(33)26(29)32/h3-6,8,14,16,21,30,35H,2,7,9-13,17H2,1H3,(H,37,39)/i21D. The zero-order valence-electron chi connectivity index (χ0n) is 24.5. The summed E-state index contributed by atoms with van der Waals surface area (Å²) < 4.78 is 37.2. The average Bonchev–Trinajstić information content (AvgIpc) is 3.52. The van der Waals surface area contributed by atoms with E-state index in [4.69, 9.17) is 26.1 Å². The van der Waals surface area contributed by atoms with Gasteiger partial charge in [-0.25, -0.2) is 14.4 Å². The SMILES string of the molecule is [2H]C1(C#N)C(N2CCNCC2)=c2ccnc(Oc3c(Cl)c(F)cc4[nH]ncc34)c2=NC1Oc1cccc2c1CCN(CC)C2. The molecule has 0 spiro atoms. The van der Waals surface area contributed by atoms with Gasteiger partial charge in [0.25, 0.3) is 0 Å². The van der Waals surface area contributed by atoms with Crippen LogP contribution in [0.25, 0.3) is 16.6 Å². The highest BCUT2D eigenvalue weighted by Crippen LogP contribution is 2.37. The van der Waals surface area contributed by atoms with E-state index in [1.165, 1.54) is 18.5 Å². The summed E-state index contributed by atoms with van der Waals surface area (Å²) in [4.78, 5) is 13.7. The van der Waals surface area contributed by atoms with E-state index in [-0.39, 0.29) is 16.7 Å². The van der Waals surface area contributed by atoms with Gasteiger partial charge >= 0.3 is 0 Å². The molecular formula is C31H30ClFN8O2. The van der Waals surface area contributed by atoms with E-state index in [2.05, 4.69) is 44.5 Å². The van der Waals surface area contributed by atoms with Gasteiger partial charge in [-0.05, 0) is 36.2 Å². The Kier molecular flexibility index (Phi) is 7.03. The van der Waals surface area contributed by atoms with Crippen LogP contribution in [0.4, 0.5) is 4.39 Å². The third-order valence-corrected chi connectivity index (χ3v) is 8.58. The Hall–Kier alpha value is -4.24. The number of likely N-dealkylation sites (N-methyl/N-ethyl adjacent to an activating group) is 1. The van der Waals surface area contributed by atoms with Gasteiger partial charge in [0.1, 0.15) is 27.8 Å². The number of nitrogens with one attached hydrogen (secondary N) is 2. The van der Waals surface area contributed by atoms with Crippen LogP contribution in [0.2, 0.25) is 5.02 Å². The molecule has 10 nitrogen and oxygen atoms in total. The van der Waals surface area contributed by atoms with E-state index in [1.807, 2.05) is 17.0 Å². The van der Waals surface area contributed by atoms with Gasteiger partial charge in [0, 0.05) is 62.4 Å². The predicted octanol–water partition coefficient (Wildman–Crippen LogP) is 3.11. The number of nitriles is 1. The van der Waals surface area contributed by atoms with Crippen molar-refractivity contribution < 1.29 is 15.2 Å². The summed E-state index contributed by atoms with van der Waals surface area (Å²) in [5.74, 6) is -1.88. The van der Waals surface area contributed by atoms with Crippen LogP contribution < -0.4 is 25.4 Å². The van der Waals surface area contributed by atoms with Gasteiger partial charge < -0.3 is 19.7 Å². The molecule has 7 rings (SSSR count). The number of nitrogens with zero attached hydrogens (tertiary/aromatic N) is 6. The highest BCUT2D eigenvalue weighted by atomic mass is 35.5. The molecule has 2 unspecified atom stereocenters. The first-order chi connectivity index (χ1) is 21.4. The van der Waals surface area contributed by atoms with Gasteiger partial charge in [-0.15, -0.1) is 0 Å². The lowest BCUT2D eigenvalue weighted by Gasteiger charge is -2.37. The minimum atomic E-state index is -1.88. The molecule has 1 fully saturated rings. The van der Waals surface area contributed by atoms with Crippen molar-refractivity contribution in [2.75, 3.05) is 39.3 Å². The average molecular weight is 602 g/mol. The summed E-state index contributed by atoms with van der Waals surface area (Å²) in [6.07, 6.45) is 2.56. The van der Waals surface area contributed by atoms with Crippen LogP contribution in [-0.2, 0) is 13.0 Å². The molecule has 3 aliphatic heterocycles. The molecule has 2 N–H and O–H groups in total. The summed E-state index contributed by atoms with van der Waals surface area (Å²) in [5, 5.41) is 21.8. The fraction of sp³-hybridized carbons (Fsp3) is 0.355. The number of piperazine rings is 1. The number of hydrogen-bond acceptors (Lipinski definition) is 9. The summed E-state index contributed by atoms with van der Waals surface area (Å²) in [6, 6.07) is 11.1. The number of ether oxygens (including phenoxy) is 2. The number of pyridine rings is 1. The minimum absolute atomic E-state index is 0.0355. The largest absolute Gasteiger partial charge is 0.467 e. The minimum Gasteiger partial charge on any atom is -0.467 e. The van der Waals surface area contributed by atoms with Crippen molar-refractivity contribution in [2.45, 2.75) is 26.1 Å². The van der Waals surface area contributed by atoms with E-state index >= 15 is 0 Å². The molecule has 4 aromatic rings. The van der Waals surface area contributed by atoms with Crippen molar-refractivity contribution >= 4 is 28.2 Å². The van der Waals surface area contributed by atoms with Gasteiger partial charge in [0.2, 0.25) is 12.1 Å². The van der Waals surface area contributed by atoms with Crippen molar-refractivity contribution in [1.82, 2.24) is 30.3 Å². The number of halogens is 2. The molecule has 0 radical (unpaired) electrons. The molecule has 0 bridgehead atoms. The summed E-state index contributed by atoms with van der Waals surface area (Å²) in [5.41, 5.74) is 3.08. The molecule has 3 aliphatic rings. The third-order valence-electron chi connectivity index (χ3n) is 8.23. The van der Waals surface area contributed by atoms with Crippen molar-refractivity contribution in [3.63, 3.8) is 0 Å². The first-order valence-electron chi connectivity index (χ1n) is 14.8. The number of benzene rings is 2. The van der Waals surface area contributed by atoms with Crippen LogP contribution in [0.5, 0.6) is 17.4 Å². The molecule has 43 heavy (non-hydrogen) atoms. The number of fused-ring (bicyclic) bond motifs is 3. The van der Waals surface area contributed by atoms with Gasteiger partial charge in [0.05, 0.1) is 24.5 Å². The van der Waals surface area contributed by atoms with E-state index in [0.29, 0.717) is 59.1 Å². The molecule has 12 heteroatoms. The maximum atomic E-state index is 14.8. The Labute approximate surface area is 253 Å². The molecular weight excluding hydrogens is 571 g/mol. The third kappa shape index (κ3) is 4.95. The maximum absolute atomic E-state index is 14.8. The van der Waals surface area contributed by atoms with Gasteiger partial charge in [-0.1, -0.05) is 30.7 Å². The highest BCUT2D eigenvalue weighted by molar-refractivity contribution is 6.33. The summed E-state index contributed by atoms with van der Waals surface area (Å²) >= 11 is 6.38. The zero-order chi connectivity index (χ0) is 30.4. The van der Waals surface area contributed by atoms with Crippen LogP contribution in [0.3, 0.4) is 0 Å². The van der Waals surface area contributed by atoms with E-state index in [1.54, 1.807) is 6.07 Å². The number of rotatable bonds is 6. The molecule has 5 heterocycles. The van der Waals surface area contributed by atoms with E-state index in [0.717, 1.165) is 37.2 Å². The first kappa shape index (κ1) is 26.4. The molecule has 0 saturated carbocycles. The van der Waals surface area contributed by atoms with Crippen molar-refractivity contribution in [3.05, 3.63) is 75.3 Å². The second kappa shape index (κ2) is 11.4. The molecule has 220 valence electrons. The number of hydrogen-bond donors (Lipinski definition) is 2. The smallest absolute Gasteiger partial charge is 0.245 e. The lowest BCUT2D eigenvalue weighted by molar-refractivity contribution is 0.165. The Morgan fingerprint density at radius 2 is 2.12 bits per heavy atom. The molecule has 0 amide bonds. The lowest BCUT2D eigenvalue weighted by Crippen LogP contribution is -2.51. The monoisotopic (exact) mass is 601 g/mol. The number of aromatic nitrogens is 3. The fourth-order valence-electron chi connectivity index (χ4n) is 6.03. The Morgan fingerprint density at radius 1 is 1.26 bits per heavy atom. The number of aromatic amines is 1. The highest BCUT2D eigenvalue weighted by Gasteiger charge is 2.36. The Morgan fingerprint density at radius 3 is 2.93 bits per heavy atom. The topological polar surface area (TPSA) is 115 Å². The molecule has 2 aromatic heterocycles. The van der Waals surface area contributed by atoms with Crippen molar-refractivity contribution in [1.29, 1.82) is 5.26 Å². The normalized spacial score (nSPS) is 22.3. The predicted molar refractivity (Wildman–Crippen MR) is 159 cm³/mol. The lowest BCUT2D eigenvalue weighted by atomic mass is 9.96. The van der Waals surface area contributed by atoms with Crippen LogP contribution in [0.1, 0.15) is 19.4 Å². The Balaban J connectivity index is 1.40. The van der Waals surface area contributed by atoms with Crippen LogP contribution >= 0.6 is 11.6 Å². The van der Waals surface area contributed by atoms with Crippen LogP contribution in [0, 0.1) is 23.0 Å². The molecule has 2 atom stereocenters. The molecule has 1 saturated heterocycles. The molecule has 0 aliphatic carbocycles. The second-order valence-corrected chi connectivity index (χ2v) is 11.0. The van der Waals surface area contributed by atoms with Gasteiger partial charge in [0.15, 0.2) is 5.75 Å². The van der Waals surface area contributed by atoms with Crippen molar-refractivity contribution in [2.24, 2.45) is 10.9 Å². The maximum Gasteiger partial charge on any atom is 0.245 e. The number of H-pyrrole nitrogens is 1. The van der Waals surface area contributed by atoms with Crippen molar-refractivity contribution in [3.8, 4) is 23.4 Å².